The van der Waals surface area contributed by atoms with Gasteiger partial charge in [-0.3, -0.25) is 0 Å². The summed E-state index contributed by atoms with van der Waals surface area (Å²) < 4.78 is 13.2. The fraction of sp³-hybridized carbons (Fsp3) is 0.600. The lowest BCUT2D eigenvalue weighted by Crippen LogP contribution is -2.48. The first kappa shape index (κ1) is 12.1. The van der Waals surface area contributed by atoms with Crippen LogP contribution in [0.1, 0.15) is 43.2 Å². The highest BCUT2D eigenvalue weighted by atomic mass is 19.1. The van der Waals surface area contributed by atoms with Crippen molar-refractivity contribution in [3.8, 4) is 0 Å². The number of hydrogen-bond acceptors (Lipinski definition) is 2. The average molecular weight is 249 g/mol. The Bertz CT molecular complexity index is 442. The van der Waals surface area contributed by atoms with Gasteiger partial charge in [-0.25, -0.2) is 4.39 Å². The molecule has 1 saturated carbocycles. The molecular weight excluding hydrogens is 229 g/mol. The van der Waals surface area contributed by atoms with E-state index < -0.39 is 0 Å². The Kier molecular flexibility index (Phi) is 3.12. The number of fused-ring (bicyclic) bond motifs is 1. The monoisotopic (exact) mass is 249 g/mol. The number of rotatable bonds is 3. The summed E-state index contributed by atoms with van der Waals surface area (Å²) in [6.45, 7) is 0.0993. The van der Waals surface area contributed by atoms with Gasteiger partial charge < -0.3 is 10.4 Å². The van der Waals surface area contributed by atoms with Gasteiger partial charge >= 0.3 is 0 Å². The van der Waals surface area contributed by atoms with Crippen LogP contribution in [-0.2, 0) is 12.0 Å². The quantitative estimate of drug-likeness (QED) is 0.862. The van der Waals surface area contributed by atoms with Crippen LogP contribution < -0.4 is 5.32 Å². The summed E-state index contributed by atoms with van der Waals surface area (Å²) in [7, 11) is 0. The highest BCUT2D eigenvalue weighted by Crippen LogP contribution is 2.38. The number of aliphatic hydroxyl groups excluding tert-OH is 1. The van der Waals surface area contributed by atoms with Crippen molar-refractivity contribution in [1.29, 1.82) is 0 Å². The van der Waals surface area contributed by atoms with Crippen molar-refractivity contribution in [2.45, 2.75) is 50.1 Å². The highest BCUT2D eigenvalue weighted by Gasteiger charge is 2.40. The molecule has 0 radical (unpaired) electrons. The number of nitrogens with one attached hydrogen (secondary N) is 1. The van der Waals surface area contributed by atoms with Crippen molar-refractivity contribution in [1.82, 2.24) is 5.32 Å². The van der Waals surface area contributed by atoms with Gasteiger partial charge in [-0.15, -0.1) is 0 Å². The molecule has 0 spiro atoms. The molecule has 18 heavy (non-hydrogen) atoms. The third-order valence-corrected chi connectivity index (χ3v) is 4.51. The van der Waals surface area contributed by atoms with Crippen LogP contribution in [0.3, 0.4) is 0 Å². The van der Waals surface area contributed by atoms with Gasteiger partial charge in [-0.05, 0) is 48.9 Å². The van der Waals surface area contributed by atoms with Gasteiger partial charge in [0.1, 0.15) is 5.82 Å². The molecule has 1 fully saturated rings. The summed E-state index contributed by atoms with van der Waals surface area (Å²) in [5.74, 6) is -0.177. The second-order valence-corrected chi connectivity index (χ2v) is 5.67. The molecule has 1 atom stereocenters. The smallest absolute Gasteiger partial charge is 0.123 e. The van der Waals surface area contributed by atoms with Gasteiger partial charge in [0, 0.05) is 6.04 Å². The largest absolute Gasteiger partial charge is 0.394 e. The lowest BCUT2D eigenvalue weighted by atomic mass is 9.91. The Morgan fingerprint density at radius 1 is 1.33 bits per heavy atom. The Hall–Kier alpha value is -0.930. The Morgan fingerprint density at radius 3 is 2.83 bits per heavy atom. The van der Waals surface area contributed by atoms with E-state index in [0.29, 0.717) is 6.04 Å². The third kappa shape index (κ3) is 1.95. The normalized spacial score (nSPS) is 27.7. The van der Waals surface area contributed by atoms with E-state index in [1.807, 2.05) is 6.07 Å². The number of aliphatic hydroxyl groups is 1. The van der Waals surface area contributed by atoms with Crippen LogP contribution in [0.25, 0.3) is 0 Å². The lowest BCUT2D eigenvalue weighted by Gasteiger charge is -2.33. The van der Waals surface area contributed by atoms with Crippen LogP contribution in [0.5, 0.6) is 0 Å². The van der Waals surface area contributed by atoms with Crippen LogP contribution in [0.4, 0.5) is 4.39 Å². The Morgan fingerprint density at radius 2 is 2.11 bits per heavy atom. The lowest BCUT2D eigenvalue weighted by molar-refractivity contribution is 0.146. The zero-order valence-electron chi connectivity index (χ0n) is 10.6. The molecule has 0 bridgehead atoms. The summed E-state index contributed by atoms with van der Waals surface area (Å²) in [6.07, 6.45) is 6.66. The predicted octanol–water partition coefficient (Wildman–Crippen LogP) is 2.49. The van der Waals surface area contributed by atoms with Crippen molar-refractivity contribution in [3.63, 3.8) is 0 Å². The summed E-state index contributed by atoms with van der Waals surface area (Å²) in [5, 5.41) is 13.5. The first-order chi connectivity index (χ1) is 8.73. The number of halogens is 1. The van der Waals surface area contributed by atoms with Gasteiger partial charge in [0.15, 0.2) is 0 Å². The van der Waals surface area contributed by atoms with Crippen molar-refractivity contribution < 1.29 is 9.50 Å². The minimum Gasteiger partial charge on any atom is -0.394 e. The third-order valence-electron chi connectivity index (χ3n) is 4.51. The molecule has 1 aromatic carbocycles. The standard InChI is InChI=1S/C15H20FNO/c16-12-5-6-14-11(9-12)7-8-15(14,10-18)17-13-3-1-2-4-13/h5-6,9,13,17-18H,1-4,7-8,10H2. The van der Waals surface area contributed by atoms with Gasteiger partial charge in [0.25, 0.3) is 0 Å². The van der Waals surface area contributed by atoms with Crippen molar-refractivity contribution >= 4 is 0 Å². The van der Waals surface area contributed by atoms with E-state index in [1.54, 1.807) is 6.07 Å². The van der Waals surface area contributed by atoms with Crippen LogP contribution >= 0.6 is 0 Å². The van der Waals surface area contributed by atoms with Crippen LogP contribution in [-0.4, -0.2) is 17.8 Å². The number of benzene rings is 1. The first-order valence-corrected chi connectivity index (χ1v) is 6.91. The maximum absolute atomic E-state index is 13.2. The molecular formula is C15H20FNO. The van der Waals surface area contributed by atoms with Crippen molar-refractivity contribution in [2.75, 3.05) is 6.61 Å². The summed E-state index contributed by atoms with van der Waals surface area (Å²) in [5.41, 5.74) is 1.81. The van der Waals surface area contributed by atoms with E-state index in [1.165, 1.54) is 31.7 Å². The Labute approximate surface area is 107 Å². The molecule has 3 rings (SSSR count). The molecule has 98 valence electrons. The van der Waals surface area contributed by atoms with Crippen LogP contribution in [0.2, 0.25) is 0 Å². The highest BCUT2D eigenvalue weighted by molar-refractivity contribution is 5.39. The minimum absolute atomic E-state index is 0.0993. The fourth-order valence-corrected chi connectivity index (χ4v) is 3.54. The summed E-state index contributed by atoms with van der Waals surface area (Å²) in [4.78, 5) is 0. The molecule has 0 heterocycles. The van der Waals surface area contributed by atoms with E-state index in [2.05, 4.69) is 5.32 Å². The van der Waals surface area contributed by atoms with E-state index in [4.69, 9.17) is 0 Å². The van der Waals surface area contributed by atoms with Gasteiger partial charge in [-0.2, -0.15) is 0 Å². The molecule has 2 aliphatic rings. The van der Waals surface area contributed by atoms with Crippen LogP contribution in [0.15, 0.2) is 18.2 Å². The van der Waals surface area contributed by atoms with Gasteiger partial charge in [-0.1, -0.05) is 18.9 Å². The second-order valence-electron chi connectivity index (χ2n) is 5.67. The minimum atomic E-state index is -0.335. The van der Waals surface area contributed by atoms with Crippen LogP contribution in [0, 0.1) is 5.82 Å². The molecule has 0 saturated heterocycles. The van der Waals surface area contributed by atoms with E-state index in [0.717, 1.165) is 24.0 Å². The second kappa shape index (κ2) is 4.63. The molecule has 0 amide bonds. The van der Waals surface area contributed by atoms with E-state index in [-0.39, 0.29) is 18.0 Å². The topological polar surface area (TPSA) is 32.3 Å². The molecule has 0 aliphatic heterocycles. The molecule has 1 aromatic rings. The van der Waals surface area contributed by atoms with Gasteiger partial charge in [0.2, 0.25) is 0 Å². The summed E-state index contributed by atoms with van der Waals surface area (Å²) in [6, 6.07) is 5.47. The Balaban J connectivity index is 1.89. The zero-order chi connectivity index (χ0) is 12.6. The van der Waals surface area contributed by atoms with E-state index in [9.17, 15) is 9.50 Å². The molecule has 2 aliphatic carbocycles. The van der Waals surface area contributed by atoms with Gasteiger partial charge in [0.05, 0.1) is 12.1 Å². The van der Waals surface area contributed by atoms with Crippen molar-refractivity contribution in [2.24, 2.45) is 0 Å². The van der Waals surface area contributed by atoms with E-state index >= 15 is 0 Å². The maximum Gasteiger partial charge on any atom is 0.123 e. The predicted molar refractivity (Wildman–Crippen MR) is 68.9 cm³/mol. The molecule has 2 nitrogen and oxygen atoms in total. The number of aryl methyl sites for hydroxylation is 1. The first-order valence-electron chi connectivity index (χ1n) is 6.91. The summed E-state index contributed by atoms with van der Waals surface area (Å²) >= 11 is 0. The molecule has 2 N–H and O–H groups in total. The average Bonchev–Trinajstić information content (AvgIpc) is 2.98. The zero-order valence-corrected chi connectivity index (χ0v) is 10.6. The fourth-order valence-electron chi connectivity index (χ4n) is 3.54. The molecule has 3 heteroatoms. The molecule has 1 unspecified atom stereocenters. The number of hydrogen-bond donors (Lipinski definition) is 2. The van der Waals surface area contributed by atoms with Crippen molar-refractivity contribution in [3.05, 3.63) is 35.1 Å². The SMILES string of the molecule is OCC1(NC2CCCC2)CCc2cc(F)ccc21. The maximum atomic E-state index is 13.2. The molecule has 0 aromatic heterocycles.